The van der Waals surface area contributed by atoms with Crippen molar-refractivity contribution in [2.24, 2.45) is 0 Å². The van der Waals surface area contributed by atoms with E-state index in [1.54, 1.807) is 11.0 Å². The first-order chi connectivity index (χ1) is 11.9. The highest BCUT2D eigenvalue weighted by atomic mass is 19.4. The molecule has 3 heterocycles. The third kappa shape index (κ3) is 4.20. The molecular formula is C15H15F3N6O. The summed E-state index contributed by atoms with van der Waals surface area (Å²) >= 11 is 0. The number of rotatable bonds is 3. The predicted octanol–water partition coefficient (Wildman–Crippen LogP) is 1.68. The molecule has 25 heavy (non-hydrogen) atoms. The standard InChI is InChI=1S/C15H15F3N6O/c16-15(17,18)11-8-12(22-9-21-11)24-6-2-10(3-7-24)23-14(25)13-19-4-1-5-20-13/h1,4-5,8-10H,2-3,6-7H2,(H,23,25). The van der Waals surface area contributed by atoms with Crippen LogP contribution in [0.5, 0.6) is 0 Å². The van der Waals surface area contributed by atoms with E-state index in [9.17, 15) is 18.0 Å². The number of halogens is 3. The molecule has 7 nitrogen and oxygen atoms in total. The lowest BCUT2D eigenvalue weighted by atomic mass is 10.0. The molecule has 0 spiro atoms. The fourth-order valence-corrected chi connectivity index (χ4v) is 2.59. The van der Waals surface area contributed by atoms with Crippen molar-refractivity contribution in [2.45, 2.75) is 25.1 Å². The van der Waals surface area contributed by atoms with Crippen LogP contribution < -0.4 is 10.2 Å². The molecule has 0 bridgehead atoms. The molecule has 1 amide bonds. The van der Waals surface area contributed by atoms with Gasteiger partial charge in [-0.05, 0) is 18.9 Å². The van der Waals surface area contributed by atoms with E-state index in [1.165, 1.54) is 12.4 Å². The van der Waals surface area contributed by atoms with Crippen LogP contribution in [-0.2, 0) is 6.18 Å². The zero-order chi connectivity index (χ0) is 17.9. The number of aromatic nitrogens is 4. The van der Waals surface area contributed by atoms with Crippen LogP contribution in [0, 0.1) is 0 Å². The van der Waals surface area contributed by atoms with Gasteiger partial charge in [0.15, 0.2) is 0 Å². The maximum atomic E-state index is 12.7. The maximum absolute atomic E-state index is 12.7. The zero-order valence-corrected chi connectivity index (χ0v) is 13.1. The summed E-state index contributed by atoms with van der Waals surface area (Å²) in [7, 11) is 0. The van der Waals surface area contributed by atoms with Crippen molar-refractivity contribution in [1.82, 2.24) is 25.3 Å². The number of carbonyl (C=O) groups excluding carboxylic acids is 1. The Labute approximate surface area is 141 Å². The fraction of sp³-hybridized carbons (Fsp3) is 0.400. The maximum Gasteiger partial charge on any atom is 0.433 e. The molecule has 1 N–H and O–H groups in total. The van der Waals surface area contributed by atoms with Crippen molar-refractivity contribution in [3.8, 4) is 0 Å². The van der Waals surface area contributed by atoms with Crippen LogP contribution in [0.1, 0.15) is 29.2 Å². The Hall–Kier alpha value is -2.78. The van der Waals surface area contributed by atoms with Crippen molar-refractivity contribution in [3.05, 3.63) is 42.4 Å². The number of nitrogens with one attached hydrogen (secondary N) is 1. The summed E-state index contributed by atoms with van der Waals surface area (Å²) in [5.41, 5.74) is -0.964. The average molecular weight is 352 g/mol. The molecule has 0 unspecified atom stereocenters. The molecule has 2 aromatic heterocycles. The number of nitrogens with zero attached hydrogens (tertiary/aromatic N) is 5. The van der Waals surface area contributed by atoms with Crippen LogP contribution in [0.3, 0.4) is 0 Å². The van der Waals surface area contributed by atoms with Crippen LogP contribution in [0.2, 0.25) is 0 Å². The van der Waals surface area contributed by atoms with Gasteiger partial charge >= 0.3 is 6.18 Å². The molecule has 1 saturated heterocycles. The summed E-state index contributed by atoms with van der Waals surface area (Å²) in [5, 5.41) is 2.84. The first kappa shape index (κ1) is 17.1. The van der Waals surface area contributed by atoms with Crippen LogP contribution in [0.25, 0.3) is 0 Å². The van der Waals surface area contributed by atoms with Gasteiger partial charge < -0.3 is 10.2 Å². The highest BCUT2D eigenvalue weighted by Gasteiger charge is 2.33. The molecule has 1 aliphatic heterocycles. The highest BCUT2D eigenvalue weighted by Crippen LogP contribution is 2.29. The first-order valence-corrected chi connectivity index (χ1v) is 7.65. The van der Waals surface area contributed by atoms with Gasteiger partial charge in [0.1, 0.15) is 17.8 Å². The third-order valence-electron chi connectivity index (χ3n) is 3.87. The van der Waals surface area contributed by atoms with Crippen molar-refractivity contribution in [1.29, 1.82) is 0 Å². The number of alkyl halides is 3. The number of hydrogen-bond acceptors (Lipinski definition) is 6. The van der Waals surface area contributed by atoms with E-state index in [0.717, 1.165) is 12.4 Å². The molecule has 0 aromatic carbocycles. The van der Waals surface area contributed by atoms with Gasteiger partial charge in [0.25, 0.3) is 5.91 Å². The van der Waals surface area contributed by atoms with Crippen LogP contribution in [0.15, 0.2) is 30.9 Å². The van der Waals surface area contributed by atoms with Gasteiger partial charge in [-0.25, -0.2) is 19.9 Å². The molecule has 0 radical (unpaired) electrons. The SMILES string of the molecule is O=C(NC1CCN(c2cc(C(F)(F)F)ncn2)CC1)c1ncccn1. The summed E-state index contributed by atoms with van der Waals surface area (Å²) in [5.74, 6) is -0.0329. The minimum Gasteiger partial charge on any atom is -0.356 e. The van der Waals surface area contributed by atoms with E-state index < -0.39 is 11.9 Å². The molecule has 0 atom stereocenters. The summed E-state index contributed by atoms with van der Waals surface area (Å²) in [6, 6.07) is 2.47. The van der Waals surface area contributed by atoms with E-state index in [0.29, 0.717) is 25.9 Å². The lowest BCUT2D eigenvalue weighted by molar-refractivity contribution is -0.141. The Balaban J connectivity index is 1.58. The summed E-state index contributed by atoms with van der Waals surface area (Å²) in [6.07, 6.45) is 0.558. The number of amides is 1. The largest absolute Gasteiger partial charge is 0.433 e. The Morgan fingerprint density at radius 2 is 1.80 bits per heavy atom. The third-order valence-corrected chi connectivity index (χ3v) is 3.87. The minimum atomic E-state index is -4.50. The molecule has 0 aliphatic carbocycles. The van der Waals surface area contributed by atoms with Gasteiger partial charge in [0.05, 0.1) is 0 Å². The Bertz CT molecular complexity index is 732. The van der Waals surface area contributed by atoms with Crippen molar-refractivity contribution < 1.29 is 18.0 Å². The molecule has 1 aliphatic rings. The molecule has 2 aromatic rings. The number of anilines is 1. The number of hydrogen-bond donors (Lipinski definition) is 1. The van der Waals surface area contributed by atoms with E-state index in [2.05, 4.69) is 25.3 Å². The summed E-state index contributed by atoms with van der Waals surface area (Å²) in [6.45, 7) is 0.962. The predicted molar refractivity (Wildman–Crippen MR) is 81.8 cm³/mol. The van der Waals surface area contributed by atoms with Gasteiger partial charge in [-0.15, -0.1) is 0 Å². The Morgan fingerprint density at radius 1 is 1.12 bits per heavy atom. The lowest BCUT2D eigenvalue weighted by Crippen LogP contribution is -2.45. The molecule has 132 valence electrons. The van der Waals surface area contributed by atoms with Crippen molar-refractivity contribution in [2.75, 3.05) is 18.0 Å². The smallest absolute Gasteiger partial charge is 0.356 e. The second-order valence-corrected chi connectivity index (χ2v) is 5.57. The number of carbonyl (C=O) groups is 1. The normalized spacial score (nSPS) is 15.9. The molecule has 3 rings (SSSR count). The van der Waals surface area contributed by atoms with Gasteiger partial charge in [0, 0.05) is 37.6 Å². The zero-order valence-electron chi connectivity index (χ0n) is 13.1. The monoisotopic (exact) mass is 352 g/mol. The van der Waals surface area contributed by atoms with E-state index in [1.807, 2.05) is 0 Å². The van der Waals surface area contributed by atoms with Gasteiger partial charge in [-0.1, -0.05) is 0 Å². The minimum absolute atomic E-state index is 0.0866. The average Bonchev–Trinajstić information content (AvgIpc) is 2.62. The van der Waals surface area contributed by atoms with E-state index in [-0.39, 0.29) is 23.6 Å². The second kappa shape index (κ2) is 6.99. The van der Waals surface area contributed by atoms with E-state index in [4.69, 9.17) is 0 Å². The van der Waals surface area contributed by atoms with Gasteiger partial charge in [0.2, 0.25) is 5.82 Å². The molecule has 1 fully saturated rings. The Kier molecular flexibility index (Phi) is 4.77. The second-order valence-electron chi connectivity index (χ2n) is 5.57. The molecule has 0 saturated carbocycles. The van der Waals surface area contributed by atoms with Gasteiger partial charge in [-0.3, -0.25) is 4.79 Å². The van der Waals surface area contributed by atoms with Crippen molar-refractivity contribution >= 4 is 11.7 Å². The highest BCUT2D eigenvalue weighted by molar-refractivity contribution is 5.90. The number of piperidine rings is 1. The van der Waals surface area contributed by atoms with E-state index >= 15 is 0 Å². The lowest BCUT2D eigenvalue weighted by Gasteiger charge is -2.33. The topological polar surface area (TPSA) is 83.9 Å². The Morgan fingerprint density at radius 3 is 2.44 bits per heavy atom. The molecular weight excluding hydrogens is 337 g/mol. The van der Waals surface area contributed by atoms with Gasteiger partial charge in [-0.2, -0.15) is 13.2 Å². The quantitative estimate of drug-likeness (QED) is 0.905. The fourth-order valence-electron chi connectivity index (χ4n) is 2.59. The van der Waals surface area contributed by atoms with Crippen molar-refractivity contribution in [3.63, 3.8) is 0 Å². The first-order valence-electron chi connectivity index (χ1n) is 7.65. The van der Waals surface area contributed by atoms with Crippen LogP contribution >= 0.6 is 0 Å². The summed E-state index contributed by atoms with van der Waals surface area (Å²) < 4.78 is 38.2. The molecule has 10 heteroatoms. The van der Waals surface area contributed by atoms with Crippen LogP contribution in [0.4, 0.5) is 19.0 Å². The van der Waals surface area contributed by atoms with Crippen LogP contribution in [-0.4, -0.2) is 45.0 Å². The summed E-state index contributed by atoms with van der Waals surface area (Å²) in [4.78, 5) is 28.7.